The molecule has 0 radical (unpaired) electrons. The van der Waals surface area contributed by atoms with Crippen LogP contribution in [0.15, 0.2) is 18.3 Å². The molecule has 27 heavy (non-hydrogen) atoms. The van der Waals surface area contributed by atoms with Gasteiger partial charge in [-0.25, -0.2) is 15.0 Å². The second-order valence-corrected chi connectivity index (χ2v) is 6.51. The lowest BCUT2D eigenvalue weighted by Crippen LogP contribution is -2.28. The van der Waals surface area contributed by atoms with Crippen LogP contribution >= 0.6 is 0 Å². The maximum atomic E-state index is 11.5. The third kappa shape index (κ3) is 3.85. The minimum Gasteiger partial charge on any atom is -0.382 e. The van der Waals surface area contributed by atoms with Crippen LogP contribution < -0.4 is 5.73 Å². The second kappa shape index (κ2) is 8.30. The van der Waals surface area contributed by atoms with Gasteiger partial charge in [-0.15, -0.1) is 0 Å². The third-order valence-corrected chi connectivity index (χ3v) is 4.58. The second-order valence-electron chi connectivity index (χ2n) is 6.51. The summed E-state index contributed by atoms with van der Waals surface area (Å²) in [6.45, 7) is 4.96. The summed E-state index contributed by atoms with van der Waals surface area (Å²) >= 11 is 0. The fraction of sp³-hybridized carbons (Fsp3) is 0.474. The maximum absolute atomic E-state index is 11.5. The smallest absolute Gasteiger partial charge is 0.242 e. The number of rotatable bonds is 8. The van der Waals surface area contributed by atoms with Crippen molar-refractivity contribution in [2.24, 2.45) is 0 Å². The van der Waals surface area contributed by atoms with Gasteiger partial charge < -0.3 is 10.3 Å². The molecular formula is C19H26N6O2. The van der Waals surface area contributed by atoms with Crippen LogP contribution in [0.5, 0.6) is 0 Å². The SMILES string of the molecule is CCCc1nc2c(N)nc3cccnc3c2n1CCCCN(OC)C(C)=O. The summed E-state index contributed by atoms with van der Waals surface area (Å²) in [6.07, 6.45) is 5.32. The quantitative estimate of drug-likeness (QED) is 0.483. The van der Waals surface area contributed by atoms with E-state index in [1.54, 1.807) is 6.20 Å². The molecule has 0 aliphatic carbocycles. The van der Waals surface area contributed by atoms with Crippen LogP contribution in [0.4, 0.5) is 5.82 Å². The van der Waals surface area contributed by atoms with E-state index in [9.17, 15) is 4.79 Å². The topological polar surface area (TPSA) is 99.2 Å². The van der Waals surface area contributed by atoms with Crippen molar-refractivity contribution in [1.29, 1.82) is 0 Å². The van der Waals surface area contributed by atoms with Gasteiger partial charge >= 0.3 is 0 Å². The van der Waals surface area contributed by atoms with Crippen molar-refractivity contribution in [2.45, 2.75) is 46.1 Å². The number of carbonyl (C=O) groups excluding carboxylic acids is 1. The first kappa shape index (κ1) is 19.0. The molecule has 0 aliphatic rings. The molecule has 0 unspecified atom stereocenters. The van der Waals surface area contributed by atoms with E-state index in [-0.39, 0.29) is 5.91 Å². The number of anilines is 1. The number of imidazole rings is 1. The molecule has 8 nitrogen and oxygen atoms in total. The Kier molecular flexibility index (Phi) is 5.85. The molecule has 144 valence electrons. The van der Waals surface area contributed by atoms with Gasteiger partial charge in [0, 0.05) is 32.6 Å². The highest BCUT2D eigenvalue weighted by atomic mass is 16.7. The van der Waals surface area contributed by atoms with Crippen molar-refractivity contribution in [1.82, 2.24) is 24.6 Å². The van der Waals surface area contributed by atoms with Gasteiger partial charge in [0.05, 0.1) is 12.6 Å². The van der Waals surface area contributed by atoms with E-state index < -0.39 is 0 Å². The molecule has 0 aliphatic heterocycles. The Morgan fingerprint density at radius 3 is 2.81 bits per heavy atom. The first-order valence-electron chi connectivity index (χ1n) is 9.28. The number of aryl methyl sites for hydroxylation is 2. The predicted molar refractivity (Wildman–Crippen MR) is 105 cm³/mol. The van der Waals surface area contributed by atoms with Crippen molar-refractivity contribution < 1.29 is 9.63 Å². The summed E-state index contributed by atoms with van der Waals surface area (Å²) in [5.74, 6) is 1.34. The average Bonchev–Trinajstić information content (AvgIpc) is 3.01. The van der Waals surface area contributed by atoms with E-state index in [2.05, 4.69) is 21.5 Å². The number of pyridine rings is 2. The molecule has 0 atom stereocenters. The number of hydrogen-bond acceptors (Lipinski definition) is 6. The lowest BCUT2D eigenvalue weighted by molar-refractivity contribution is -0.173. The molecular weight excluding hydrogens is 344 g/mol. The van der Waals surface area contributed by atoms with Crippen LogP contribution in [0.1, 0.15) is 38.9 Å². The van der Waals surface area contributed by atoms with Gasteiger partial charge in [-0.2, -0.15) is 0 Å². The maximum Gasteiger partial charge on any atom is 0.242 e. The van der Waals surface area contributed by atoms with Crippen LogP contribution in [0.3, 0.4) is 0 Å². The first-order valence-corrected chi connectivity index (χ1v) is 9.28. The Morgan fingerprint density at radius 2 is 2.11 bits per heavy atom. The summed E-state index contributed by atoms with van der Waals surface area (Å²) in [5.41, 5.74) is 9.42. The Bertz CT molecular complexity index is 952. The number of carbonyl (C=O) groups is 1. The van der Waals surface area contributed by atoms with Gasteiger partial charge in [0.2, 0.25) is 5.91 Å². The number of amides is 1. The van der Waals surface area contributed by atoms with Crippen molar-refractivity contribution in [3.05, 3.63) is 24.2 Å². The fourth-order valence-electron chi connectivity index (χ4n) is 3.33. The van der Waals surface area contributed by atoms with Gasteiger partial charge in [0.25, 0.3) is 0 Å². The molecule has 0 aromatic carbocycles. The number of nitrogen functional groups attached to an aromatic ring is 1. The van der Waals surface area contributed by atoms with E-state index in [1.807, 2.05) is 12.1 Å². The van der Waals surface area contributed by atoms with Crippen LogP contribution in [-0.2, 0) is 22.6 Å². The standard InChI is InChI=1S/C19H26N6O2/c1-4-8-15-23-17-18(16-14(22-19(17)20)9-7-10-21-16)24(15)11-5-6-12-25(27-3)13(2)26/h7,9-10H,4-6,8,11-12H2,1-3H3,(H2,20,22). The van der Waals surface area contributed by atoms with Crippen LogP contribution in [0.2, 0.25) is 0 Å². The summed E-state index contributed by atoms with van der Waals surface area (Å²) in [7, 11) is 1.51. The fourth-order valence-corrected chi connectivity index (χ4v) is 3.33. The molecule has 3 rings (SSSR count). The molecule has 3 aromatic rings. The van der Waals surface area contributed by atoms with Crippen molar-refractivity contribution in [3.63, 3.8) is 0 Å². The first-order chi connectivity index (χ1) is 13.1. The zero-order chi connectivity index (χ0) is 19.4. The summed E-state index contributed by atoms with van der Waals surface area (Å²) in [4.78, 5) is 30.3. The molecule has 0 saturated carbocycles. The van der Waals surface area contributed by atoms with Crippen molar-refractivity contribution in [2.75, 3.05) is 19.4 Å². The number of nitrogens with zero attached hydrogens (tertiary/aromatic N) is 5. The van der Waals surface area contributed by atoms with Gasteiger partial charge in [0.15, 0.2) is 5.82 Å². The monoisotopic (exact) mass is 370 g/mol. The summed E-state index contributed by atoms with van der Waals surface area (Å²) in [6, 6.07) is 3.77. The van der Waals surface area contributed by atoms with E-state index in [1.165, 1.54) is 19.1 Å². The highest BCUT2D eigenvalue weighted by molar-refractivity contribution is 6.04. The normalized spacial score (nSPS) is 11.4. The number of hydrogen-bond donors (Lipinski definition) is 1. The molecule has 2 N–H and O–H groups in total. The Hall–Kier alpha value is -2.74. The summed E-state index contributed by atoms with van der Waals surface area (Å²) in [5, 5.41) is 1.37. The number of hydroxylamine groups is 2. The molecule has 0 bridgehead atoms. The van der Waals surface area contributed by atoms with E-state index in [0.717, 1.165) is 54.6 Å². The number of nitrogens with two attached hydrogens (primary N) is 1. The van der Waals surface area contributed by atoms with Crippen LogP contribution in [0.25, 0.3) is 22.1 Å². The number of unbranched alkanes of at least 4 members (excludes halogenated alkanes) is 1. The lowest BCUT2D eigenvalue weighted by Gasteiger charge is -2.17. The van der Waals surface area contributed by atoms with E-state index in [4.69, 9.17) is 15.6 Å². The van der Waals surface area contributed by atoms with Gasteiger partial charge in [-0.05, 0) is 31.4 Å². The zero-order valence-electron chi connectivity index (χ0n) is 16.1. The molecule has 1 amide bonds. The molecule has 3 aromatic heterocycles. The van der Waals surface area contributed by atoms with Crippen molar-refractivity contribution in [3.8, 4) is 0 Å². The molecule has 8 heteroatoms. The molecule has 0 spiro atoms. The Labute approximate surface area is 158 Å². The lowest BCUT2D eigenvalue weighted by atomic mass is 10.2. The number of aromatic nitrogens is 4. The Morgan fingerprint density at radius 1 is 1.30 bits per heavy atom. The van der Waals surface area contributed by atoms with Gasteiger partial charge in [0.1, 0.15) is 22.4 Å². The molecule has 3 heterocycles. The Balaban J connectivity index is 1.93. The average molecular weight is 370 g/mol. The predicted octanol–water partition coefficient (Wildman–Crippen LogP) is 2.70. The van der Waals surface area contributed by atoms with Gasteiger partial charge in [-0.3, -0.25) is 14.6 Å². The minimum atomic E-state index is -0.0914. The van der Waals surface area contributed by atoms with E-state index in [0.29, 0.717) is 17.9 Å². The van der Waals surface area contributed by atoms with Gasteiger partial charge in [-0.1, -0.05) is 6.92 Å². The minimum absolute atomic E-state index is 0.0914. The third-order valence-electron chi connectivity index (χ3n) is 4.58. The molecule has 0 fully saturated rings. The van der Waals surface area contributed by atoms with Crippen molar-refractivity contribution >= 4 is 33.8 Å². The van der Waals surface area contributed by atoms with Crippen LogP contribution in [-0.4, -0.2) is 44.1 Å². The van der Waals surface area contributed by atoms with Crippen LogP contribution in [0, 0.1) is 0 Å². The molecule has 0 saturated heterocycles. The zero-order valence-corrected chi connectivity index (χ0v) is 16.1. The highest BCUT2D eigenvalue weighted by Gasteiger charge is 2.17. The van der Waals surface area contributed by atoms with E-state index >= 15 is 0 Å². The highest BCUT2D eigenvalue weighted by Crippen LogP contribution is 2.28. The summed E-state index contributed by atoms with van der Waals surface area (Å²) < 4.78 is 2.21. The largest absolute Gasteiger partial charge is 0.382 e. The number of fused-ring (bicyclic) bond motifs is 3.